The molecule has 0 aromatic carbocycles. The molecule has 0 radical (unpaired) electrons. The summed E-state index contributed by atoms with van der Waals surface area (Å²) in [5.41, 5.74) is 0. The van der Waals surface area contributed by atoms with Crippen molar-refractivity contribution in [3.05, 3.63) is 12.2 Å². The van der Waals surface area contributed by atoms with Crippen LogP contribution < -0.4 is 0 Å². The Hall–Kier alpha value is -0.340. The summed E-state index contributed by atoms with van der Waals surface area (Å²) in [5, 5.41) is 9.61. The highest BCUT2D eigenvalue weighted by Gasteiger charge is 2.13. The van der Waals surface area contributed by atoms with Crippen molar-refractivity contribution in [1.29, 1.82) is 0 Å². The van der Waals surface area contributed by atoms with Gasteiger partial charge in [0.25, 0.3) is 0 Å². The summed E-state index contributed by atoms with van der Waals surface area (Å²) in [6.45, 7) is 7.13. The molecule has 0 aromatic heterocycles. The maximum absolute atomic E-state index is 9.61. The summed E-state index contributed by atoms with van der Waals surface area (Å²) in [4.78, 5) is 2.26. The first-order valence-corrected chi connectivity index (χ1v) is 4.74. The van der Waals surface area contributed by atoms with Gasteiger partial charge in [-0.25, -0.2) is 0 Å². The lowest BCUT2D eigenvalue weighted by atomic mass is 10.1. The van der Waals surface area contributed by atoms with Gasteiger partial charge in [-0.1, -0.05) is 26.0 Å². The predicted molar refractivity (Wildman–Crippen MR) is 51.0 cm³/mol. The zero-order valence-corrected chi connectivity index (χ0v) is 8.03. The minimum absolute atomic E-state index is 0.148. The molecule has 1 atom stereocenters. The zero-order chi connectivity index (χ0) is 8.97. The van der Waals surface area contributed by atoms with Gasteiger partial charge < -0.3 is 5.11 Å². The summed E-state index contributed by atoms with van der Waals surface area (Å²) in [5.74, 6) is 0.593. The van der Waals surface area contributed by atoms with Crippen molar-refractivity contribution >= 4 is 0 Å². The van der Waals surface area contributed by atoms with Gasteiger partial charge >= 0.3 is 0 Å². The average molecular weight is 169 g/mol. The molecule has 0 saturated heterocycles. The molecule has 1 heterocycles. The molecular weight excluding hydrogens is 150 g/mol. The van der Waals surface area contributed by atoms with Crippen molar-refractivity contribution in [3.63, 3.8) is 0 Å². The Bertz CT molecular complexity index is 146. The highest BCUT2D eigenvalue weighted by Crippen LogP contribution is 2.07. The molecule has 70 valence electrons. The van der Waals surface area contributed by atoms with E-state index in [1.807, 2.05) is 0 Å². The van der Waals surface area contributed by atoms with E-state index >= 15 is 0 Å². The molecule has 0 amide bonds. The van der Waals surface area contributed by atoms with Crippen LogP contribution in [0.2, 0.25) is 0 Å². The number of hydrogen-bond donors (Lipinski definition) is 1. The molecule has 12 heavy (non-hydrogen) atoms. The third-order valence-electron chi connectivity index (χ3n) is 2.11. The van der Waals surface area contributed by atoms with Crippen LogP contribution in [0.1, 0.15) is 20.3 Å². The number of rotatable bonds is 4. The Morgan fingerprint density at radius 2 is 1.92 bits per heavy atom. The van der Waals surface area contributed by atoms with Gasteiger partial charge in [0.1, 0.15) is 0 Å². The number of nitrogens with zero attached hydrogens (tertiary/aromatic N) is 1. The lowest BCUT2D eigenvalue weighted by Crippen LogP contribution is -2.31. The third kappa shape index (κ3) is 3.37. The highest BCUT2D eigenvalue weighted by atomic mass is 16.3. The standard InChI is InChI=1S/C10H19NO/c1-9(2)7-10(12)8-11-5-3-4-6-11/h3-4,9-10,12H,5-8H2,1-2H3. The van der Waals surface area contributed by atoms with Crippen LogP contribution in [0.5, 0.6) is 0 Å². The Kier molecular flexibility index (Phi) is 3.76. The molecule has 1 unspecified atom stereocenters. The van der Waals surface area contributed by atoms with E-state index in [0.717, 1.165) is 26.1 Å². The van der Waals surface area contributed by atoms with Gasteiger partial charge in [-0.15, -0.1) is 0 Å². The Balaban J connectivity index is 2.13. The Morgan fingerprint density at radius 3 is 2.42 bits per heavy atom. The van der Waals surface area contributed by atoms with Crippen molar-refractivity contribution < 1.29 is 5.11 Å². The van der Waals surface area contributed by atoms with Crippen LogP contribution >= 0.6 is 0 Å². The molecule has 0 fully saturated rings. The van der Waals surface area contributed by atoms with Gasteiger partial charge in [0.15, 0.2) is 0 Å². The van der Waals surface area contributed by atoms with E-state index < -0.39 is 0 Å². The van der Waals surface area contributed by atoms with E-state index in [4.69, 9.17) is 0 Å². The van der Waals surface area contributed by atoms with Crippen LogP contribution in [0.4, 0.5) is 0 Å². The molecule has 0 saturated carbocycles. The van der Waals surface area contributed by atoms with Crippen LogP contribution in [0.15, 0.2) is 12.2 Å². The average Bonchev–Trinajstić information content (AvgIpc) is 2.37. The molecular formula is C10H19NO. The molecule has 1 aliphatic rings. The third-order valence-corrected chi connectivity index (χ3v) is 2.11. The Labute approximate surface area is 74.9 Å². The molecule has 2 heteroatoms. The van der Waals surface area contributed by atoms with Gasteiger partial charge in [-0.05, 0) is 12.3 Å². The van der Waals surface area contributed by atoms with Crippen molar-refractivity contribution in [2.24, 2.45) is 5.92 Å². The molecule has 2 nitrogen and oxygen atoms in total. The van der Waals surface area contributed by atoms with Crippen LogP contribution in [0.25, 0.3) is 0 Å². The van der Waals surface area contributed by atoms with Crippen molar-refractivity contribution in [2.45, 2.75) is 26.4 Å². The molecule has 0 spiro atoms. The van der Waals surface area contributed by atoms with Gasteiger partial charge in [-0.3, -0.25) is 4.90 Å². The molecule has 0 aliphatic carbocycles. The lowest BCUT2D eigenvalue weighted by molar-refractivity contribution is 0.108. The van der Waals surface area contributed by atoms with E-state index in [0.29, 0.717) is 5.92 Å². The normalized spacial score (nSPS) is 20.7. The maximum Gasteiger partial charge on any atom is 0.0669 e. The van der Waals surface area contributed by atoms with E-state index in [1.54, 1.807) is 0 Å². The first-order valence-electron chi connectivity index (χ1n) is 4.74. The van der Waals surface area contributed by atoms with E-state index in [2.05, 4.69) is 30.9 Å². The van der Waals surface area contributed by atoms with Gasteiger partial charge in [0.05, 0.1) is 6.10 Å². The van der Waals surface area contributed by atoms with Crippen LogP contribution in [0.3, 0.4) is 0 Å². The summed E-state index contributed by atoms with van der Waals surface area (Å²) in [7, 11) is 0. The number of aliphatic hydroxyl groups is 1. The number of β-amino-alcohol motifs (C(OH)–C–C–N with tert-alkyl or cyclic N) is 1. The van der Waals surface area contributed by atoms with Crippen molar-refractivity contribution in [1.82, 2.24) is 4.90 Å². The maximum atomic E-state index is 9.61. The quantitative estimate of drug-likeness (QED) is 0.641. The zero-order valence-electron chi connectivity index (χ0n) is 8.03. The number of aliphatic hydroxyl groups excluding tert-OH is 1. The van der Waals surface area contributed by atoms with Crippen LogP contribution in [-0.2, 0) is 0 Å². The second-order valence-corrected chi connectivity index (χ2v) is 3.97. The largest absolute Gasteiger partial charge is 0.392 e. The van der Waals surface area contributed by atoms with E-state index in [9.17, 15) is 5.11 Å². The molecule has 1 aliphatic heterocycles. The molecule has 0 bridgehead atoms. The van der Waals surface area contributed by atoms with Gasteiger partial charge in [0, 0.05) is 19.6 Å². The summed E-state index contributed by atoms with van der Waals surface area (Å²) < 4.78 is 0. The minimum Gasteiger partial charge on any atom is -0.392 e. The summed E-state index contributed by atoms with van der Waals surface area (Å²) in [6.07, 6.45) is 5.07. The molecule has 1 N–H and O–H groups in total. The molecule has 1 rings (SSSR count). The summed E-state index contributed by atoms with van der Waals surface area (Å²) in [6, 6.07) is 0. The van der Waals surface area contributed by atoms with Gasteiger partial charge in [-0.2, -0.15) is 0 Å². The van der Waals surface area contributed by atoms with Gasteiger partial charge in [0.2, 0.25) is 0 Å². The fraction of sp³-hybridized carbons (Fsp3) is 0.800. The lowest BCUT2D eigenvalue weighted by Gasteiger charge is -2.20. The monoisotopic (exact) mass is 169 g/mol. The summed E-state index contributed by atoms with van der Waals surface area (Å²) >= 11 is 0. The predicted octanol–water partition coefficient (Wildman–Crippen LogP) is 1.27. The minimum atomic E-state index is -0.148. The topological polar surface area (TPSA) is 23.5 Å². The fourth-order valence-electron chi connectivity index (χ4n) is 1.59. The van der Waals surface area contributed by atoms with E-state index in [1.165, 1.54) is 0 Å². The van der Waals surface area contributed by atoms with Crippen molar-refractivity contribution in [3.8, 4) is 0 Å². The number of hydrogen-bond acceptors (Lipinski definition) is 2. The second-order valence-electron chi connectivity index (χ2n) is 3.97. The van der Waals surface area contributed by atoms with Crippen LogP contribution in [0, 0.1) is 5.92 Å². The first kappa shape index (κ1) is 9.75. The first-order chi connectivity index (χ1) is 5.68. The second kappa shape index (κ2) is 4.63. The highest BCUT2D eigenvalue weighted by molar-refractivity contribution is 4.95. The van der Waals surface area contributed by atoms with Crippen LogP contribution in [-0.4, -0.2) is 35.7 Å². The Morgan fingerprint density at radius 1 is 1.33 bits per heavy atom. The fourth-order valence-corrected chi connectivity index (χ4v) is 1.59. The van der Waals surface area contributed by atoms with E-state index in [-0.39, 0.29) is 6.10 Å². The smallest absolute Gasteiger partial charge is 0.0669 e. The molecule has 0 aromatic rings. The van der Waals surface area contributed by atoms with Crippen molar-refractivity contribution in [2.75, 3.05) is 19.6 Å². The SMILES string of the molecule is CC(C)CC(O)CN1CC=CC1.